The maximum atomic E-state index is 13.2. The van der Waals surface area contributed by atoms with Gasteiger partial charge in [-0.3, -0.25) is 4.79 Å². The fourth-order valence-electron chi connectivity index (χ4n) is 3.07. The molecule has 0 aliphatic carbocycles. The summed E-state index contributed by atoms with van der Waals surface area (Å²) in [5.74, 6) is 2.74. The van der Waals surface area contributed by atoms with Crippen molar-refractivity contribution in [3.8, 4) is 17.2 Å². The van der Waals surface area contributed by atoms with Crippen LogP contribution in [-0.2, 0) is 0 Å². The maximum Gasteiger partial charge on any atom is 0.261 e. The minimum atomic E-state index is -0.0573. The molecule has 1 amide bonds. The van der Waals surface area contributed by atoms with Gasteiger partial charge in [-0.2, -0.15) is 11.8 Å². The molecule has 1 fully saturated rings. The summed E-state index contributed by atoms with van der Waals surface area (Å²) >= 11 is 1.87. The van der Waals surface area contributed by atoms with Crippen LogP contribution in [-0.4, -0.2) is 51.0 Å². The molecule has 1 saturated heterocycles. The van der Waals surface area contributed by atoms with E-state index in [2.05, 4.69) is 12.1 Å². The summed E-state index contributed by atoms with van der Waals surface area (Å²) in [5.41, 5.74) is 1.68. The topological polar surface area (TPSA) is 48.0 Å². The lowest BCUT2D eigenvalue weighted by molar-refractivity contribution is 0.0754. The first-order valence-corrected chi connectivity index (χ1v) is 9.48. The molecule has 2 aromatic carbocycles. The van der Waals surface area contributed by atoms with Gasteiger partial charge in [0.25, 0.3) is 5.91 Å². The number of hydrogen-bond donors (Lipinski definition) is 0. The van der Waals surface area contributed by atoms with Gasteiger partial charge in [-0.05, 0) is 29.8 Å². The fraction of sp³-hybridized carbons (Fsp3) is 0.350. The van der Waals surface area contributed by atoms with Crippen LogP contribution in [0.5, 0.6) is 17.2 Å². The predicted molar refractivity (Wildman–Crippen MR) is 104 cm³/mol. The Labute approximate surface area is 158 Å². The van der Waals surface area contributed by atoms with Crippen molar-refractivity contribution < 1.29 is 19.0 Å². The van der Waals surface area contributed by atoms with Crippen molar-refractivity contribution in [1.82, 2.24) is 4.90 Å². The quantitative estimate of drug-likeness (QED) is 0.801. The molecular weight excluding hydrogens is 350 g/mol. The smallest absolute Gasteiger partial charge is 0.261 e. The largest absolute Gasteiger partial charge is 0.497 e. The predicted octanol–water partition coefficient (Wildman–Crippen LogP) is 3.64. The van der Waals surface area contributed by atoms with E-state index in [4.69, 9.17) is 14.2 Å². The van der Waals surface area contributed by atoms with Gasteiger partial charge in [-0.1, -0.05) is 18.2 Å². The Morgan fingerprint density at radius 3 is 2.23 bits per heavy atom. The lowest BCUT2D eigenvalue weighted by atomic mass is 10.1. The molecule has 0 spiro atoms. The summed E-state index contributed by atoms with van der Waals surface area (Å²) in [6.45, 7) is 1.36. The molecule has 0 bridgehead atoms. The van der Waals surface area contributed by atoms with Gasteiger partial charge in [0.1, 0.15) is 22.8 Å². The Bertz CT molecular complexity index is 741. The zero-order chi connectivity index (χ0) is 18.5. The van der Waals surface area contributed by atoms with Crippen LogP contribution in [0.2, 0.25) is 0 Å². The van der Waals surface area contributed by atoms with Crippen LogP contribution in [0.15, 0.2) is 42.5 Å². The van der Waals surface area contributed by atoms with Crippen LogP contribution in [0.25, 0.3) is 0 Å². The van der Waals surface area contributed by atoms with E-state index in [0.717, 1.165) is 11.5 Å². The molecule has 0 radical (unpaired) electrons. The zero-order valence-corrected chi connectivity index (χ0v) is 16.0. The Kier molecular flexibility index (Phi) is 5.93. The van der Waals surface area contributed by atoms with Gasteiger partial charge in [0.2, 0.25) is 0 Å². The summed E-state index contributed by atoms with van der Waals surface area (Å²) in [6.07, 6.45) is 0. The van der Waals surface area contributed by atoms with Crippen molar-refractivity contribution in [3.05, 3.63) is 53.6 Å². The third-order valence-corrected chi connectivity index (χ3v) is 5.72. The lowest BCUT2D eigenvalue weighted by Crippen LogP contribution is -2.39. The van der Waals surface area contributed by atoms with E-state index in [-0.39, 0.29) is 11.2 Å². The Morgan fingerprint density at radius 2 is 1.65 bits per heavy atom. The van der Waals surface area contributed by atoms with E-state index >= 15 is 0 Å². The number of thioether (sulfide) groups is 1. The first-order valence-electron chi connectivity index (χ1n) is 8.43. The standard InChI is InChI=1S/C20H23NO4S/c1-23-15-9-7-14(8-10-15)18-13-21(11-12-26-18)20(22)19-16(24-2)5-4-6-17(19)25-3/h4-10,18H,11-13H2,1-3H3. The summed E-state index contributed by atoms with van der Waals surface area (Å²) in [5, 5.41) is 0.235. The monoisotopic (exact) mass is 373 g/mol. The van der Waals surface area contributed by atoms with E-state index < -0.39 is 0 Å². The molecule has 0 N–H and O–H groups in total. The number of hydrogen-bond acceptors (Lipinski definition) is 5. The SMILES string of the molecule is COc1ccc(C2CN(C(=O)c3c(OC)cccc3OC)CCS2)cc1. The van der Waals surface area contributed by atoms with Gasteiger partial charge in [-0.15, -0.1) is 0 Å². The number of carbonyl (C=O) groups excluding carboxylic acids is 1. The van der Waals surface area contributed by atoms with Gasteiger partial charge in [0.05, 0.1) is 21.3 Å². The van der Waals surface area contributed by atoms with E-state index in [1.165, 1.54) is 5.56 Å². The summed E-state index contributed by atoms with van der Waals surface area (Å²) in [7, 11) is 4.79. The lowest BCUT2D eigenvalue weighted by Gasteiger charge is -2.33. The molecule has 26 heavy (non-hydrogen) atoms. The molecule has 0 saturated carbocycles. The second-order valence-electron chi connectivity index (χ2n) is 5.92. The Hall–Kier alpha value is -2.34. The molecule has 1 heterocycles. The van der Waals surface area contributed by atoms with Crippen LogP contribution in [0, 0.1) is 0 Å². The van der Waals surface area contributed by atoms with Crippen molar-refractivity contribution in [2.75, 3.05) is 40.2 Å². The van der Waals surface area contributed by atoms with Crippen molar-refractivity contribution in [2.45, 2.75) is 5.25 Å². The van der Waals surface area contributed by atoms with E-state index in [1.807, 2.05) is 34.9 Å². The number of nitrogens with zero attached hydrogens (tertiary/aromatic N) is 1. The average Bonchev–Trinajstić information content (AvgIpc) is 2.72. The Morgan fingerprint density at radius 1 is 1.00 bits per heavy atom. The van der Waals surface area contributed by atoms with Crippen molar-refractivity contribution in [1.29, 1.82) is 0 Å². The second-order valence-corrected chi connectivity index (χ2v) is 7.23. The molecule has 1 unspecified atom stereocenters. The van der Waals surface area contributed by atoms with Crippen molar-refractivity contribution >= 4 is 17.7 Å². The highest BCUT2D eigenvalue weighted by Gasteiger charge is 2.29. The van der Waals surface area contributed by atoms with Crippen molar-refractivity contribution in [3.63, 3.8) is 0 Å². The number of rotatable bonds is 5. The van der Waals surface area contributed by atoms with Gasteiger partial charge < -0.3 is 19.1 Å². The van der Waals surface area contributed by atoms with Crippen LogP contribution in [0.4, 0.5) is 0 Å². The second kappa shape index (κ2) is 8.36. The molecular formula is C20H23NO4S. The highest BCUT2D eigenvalue weighted by atomic mass is 32.2. The molecule has 1 aliphatic heterocycles. The van der Waals surface area contributed by atoms with E-state index in [0.29, 0.717) is 30.2 Å². The highest BCUT2D eigenvalue weighted by molar-refractivity contribution is 7.99. The van der Waals surface area contributed by atoms with Gasteiger partial charge in [-0.25, -0.2) is 0 Å². The molecule has 3 rings (SSSR count). The van der Waals surface area contributed by atoms with Crippen molar-refractivity contribution in [2.24, 2.45) is 0 Å². The molecule has 1 aliphatic rings. The maximum absolute atomic E-state index is 13.2. The van der Waals surface area contributed by atoms with Crippen LogP contribution < -0.4 is 14.2 Å². The highest BCUT2D eigenvalue weighted by Crippen LogP contribution is 2.36. The number of carbonyl (C=O) groups is 1. The number of amides is 1. The first kappa shape index (κ1) is 18.5. The number of benzene rings is 2. The fourth-order valence-corrected chi connectivity index (χ4v) is 4.32. The summed E-state index contributed by atoms with van der Waals surface area (Å²) < 4.78 is 16.0. The normalized spacial score (nSPS) is 16.9. The molecule has 6 heteroatoms. The Balaban J connectivity index is 1.82. The minimum Gasteiger partial charge on any atom is -0.497 e. The van der Waals surface area contributed by atoms with Crippen LogP contribution >= 0.6 is 11.8 Å². The van der Waals surface area contributed by atoms with E-state index in [1.54, 1.807) is 33.5 Å². The summed E-state index contributed by atoms with van der Waals surface area (Å²) in [6, 6.07) is 13.4. The van der Waals surface area contributed by atoms with Crippen LogP contribution in [0.1, 0.15) is 21.2 Å². The molecule has 5 nitrogen and oxygen atoms in total. The van der Waals surface area contributed by atoms with Gasteiger partial charge >= 0.3 is 0 Å². The number of ether oxygens (including phenoxy) is 3. The molecule has 0 aromatic heterocycles. The average molecular weight is 373 g/mol. The first-order chi connectivity index (χ1) is 12.7. The molecule has 1 atom stereocenters. The zero-order valence-electron chi connectivity index (χ0n) is 15.2. The minimum absolute atomic E-state index is 0.0573. The number of methoxy groups -OCH3 is 3. The molecule has 2 aromatic rings. The van der Waals surface area contributed by atoms with Gasteiger partial charge in [0.15, 0.2) is 0 Å². The summed E-state index contributed by atoms with van der Waals surface area (Å²) in [4.78, 5) is 15.1. The van der Waals surface area contributed by atoms with Crippen LogP contribution in [0.3, 0.4) is 0 Å². The third-order valence-electron chi connectivity index (χ3n) is 4.48. The van der Waals surface area contributed by atoms with Gasteiger partial charge in [0, 0.05) is 24.1 Å². The van der Waals surface area contributed by atoms with E-state index in [9.17, 15) is 4.79 Å². The third kappa shape index (κ3) is 3.75. The molecule has 138 valence electrons.